The van der Waals surface area contributed by atoms with Crippen LogP contribution in [-0.2, 0) is 13.0 Å². The van der Waals surface area contributed by atoms with Crippen molar-refractivity contribution in [2.75, 3.05) is 20.8 Å². The van der Waals surface area contributed by atoms with E-state index in [0.717, 1.165) is 46.8 Å². The Kier molecular flexibility index (Phi) is 7.59. The minimum Gasteiger partial charge on any atom is -0.497 e. The topological polar surface area (TPSA) is 39.7 Å². The van der Waals surface area contributed by atoms with Crippen molar-refractivity contribution in [2.45, 2.75) is 32.9 Å². The Hall–Kier alpha value is -1.72. The van der Waals surface area contributed by atoms with Gasteiger partial charge in [0.1, 0.15) is 5.75 Å². The van der Waals surface area contributed by atoms with Crippen LogP contribution in [0.25, 0.3) is 0 Å². The van der Waals surface area contributed by atoms with Crippen LogP contribution in [0.15, 0.2) is 40.9 Å². The molecule has 0 aliphatic heterocycles. The average molecular weight is 408 g/mol. The summed E-state index contributed by atoms with van der Waals surface area (Å²) < 4.78 is 17.4. The van der Waals surface area contributed by atoms with E-state index in [2.05, 4.69) is 33.4 Å². The SMILES string of the molecule is COc1ccc(CCNCc2cc(OC)c(OC(C)C)cc2Br)cc1. The van der Waals surface area contributed by atoms with E-state index in [-0.39, 0.29) is 6.10 Å². The van der Waals surface area contributed by atoms with E-state index >= 15 is 0 Å². The molecule has 0 unspecified atom stereocenters. The molecular formula is C20H26BrNO3. The number of rotatable bonds is 9. The average Bonchev–Trinajstić information content (AvgIpc) is 2.60. The third-order valence-corrected chi connectivity index (χ3v) is 4.50. The van der Waals surface area contributed by atoms with Gasteiger partial charge in [-0.3, -0.25) is 0 Å². The molecule has 0 aliphatic carbocycles. The molecule has 0 aliphatic rings. The van der Waals surface area contributed by atoms with Gasteiger partial charge in [-0.25, -0.2) is 0 Å². The molecular weight excluding hydrogens is 382 g/mol. The van der Waals surface area contributed by atoms with E-state index in [9.17, 15) is 0 Å². The summed E-state index contributed by atoms with van der Waals surface area (Å²) in [6.07, 6.45) is 1.07. The highest BCUT2D eigenvalue weighted by atomic mass is 79.9. The van der Waals surface area contributed by atoms with E-state index < -0.39 is 0 Å². The first-order valence-corrected chi connectivity index (χ1v) is 9.19. The zero-order valence-electron chi connectivity index (χ0n) is 15.3. The van der Waals surface area contributed by atoms with Crippen LogP contribution in [0.5, 0.6) is 17.2 Å². The van der Waals surface area contributed by atoms with Gasteiger partial charge in [-0.2, -0.15) is 0 Å². The molecule has 0 bridgehead atoms. The van der Waals surface area contributed by atoms with Crippen LogP contribution >= 0.6 is 15.9 Å². The van der Waals surface area contributed by atoms with Gasteiger partial charge in [0.15, 0.2) is 11.5 Å². The Balaban J connectivity index is 1.91. The summed E-state index contributed by atoms with van der Waals surface area (Å²) in [4.78, 5) is 0. The summed E-state index contributed by atoms with van der Waals surface area (Å²) >= 11 is 3.62. The molecule has 4 nitrogen and oxygen atoms in total. The Bertz CT molecular complexity index is 671. The number of halogens is 1. The molecule has 25 heavy (non-hydrogen) atoms. The highest BCUT2D eigenvalue weighted by molar-refractivity contribution is 9.10. The van der Waals surface area contributed by atoms with Crippen molar-refractivity contribution in [1.29, 1.82) is 0 Å². The van der Waals surface area contributed by atoms with E-state index in [1.54, 1.807) is 14.2 Å². The molecule has 0 aromatic heterocycles. The van der Waals surface area contributed by atoms with Gasteiger partial charge < -0.3 is 19.5 Å². The van der Waals surface area contributed by atoms with Gasteiger partial charge in [-0.1, -0.05) is 28.1 Å². The van der Waals surface area contributed by atoms with Crippen LogP contribution in [0, 0.1) is 0 Å². The maximum absolute atomic E-state index is 5.79. The summed E-state index contributed by atoms with van der Waals surface area (Å²) in [6.45, 7) is 5.66. The van der Waals surface area contributed by atoms with Crippen molar-refractivity contribution in [1.82, 2.24) is 5.32 Å². The quantitative estimate of drug-likeness (QED) is 0.617. The molecule has 2 aromatic rings. The minimum absolute atomic E-state index is 0.106. The van der Waals surface area contributed by atoms with Crippen LogP contribution in [0.2, 0.25) is 0 Å². The largest absolute Gasteiger partial charge is 0.497 e. The standard InChI is InChI=1S/C20H26BrNO3/c1-14(2)25-20-12-18(21)16(11-19(20)24-4)13-22-10-9-15-5-7-17(23-3)8-6-15/h5-8,11-12,14,22H,9-10,13H2,1-4H3. The third kappa shape index (κ3) is 5.94. The van der Waals surface area contributed by atoms with Crippen molar-refractivity contribution in [3.63, 3.8) is 0 Å². The second-order valence-corrected chi connectivity index (χ2v) is 6.89. The maximum Gasteiger partial charge on any atom is 0.162 e. The van der Waals surface area contributed by atoms with Crippen LogP contribution in [-0.4, -0.2) is 26.9 Å². The number of hydrogen-bond acceptors (Lipinski definition) is 4. The Morgan fingerprint density at radius 3 is 2.32 bits per heavy atom. The summed E-state index contributed by atoms with van der Waals surface area (Å²) in [6, 6.07) is 12.2. The Morgan fingerprint density at radius 2 is 1.72 bits per heavy atom. The van der Waals surface area contributed by atoms with E-state index in [1.807, 2.05) is 38.1 Å². The highest BCUT2D eigenvalue weighted by Gasteiger charge is 2.11. The monoisotopic (exact) mass is 407 g/mol. The number of nitrogens with one attached hydrogen (secondary N) is 1. The number of ether oxygens (including phenoxy) is 3. The second-order valence-electron chi connectivity index (χ2n) is 6.04. The molecule has 5 heteroatoms. The first kappa shape index (κ1) is 19.6. The van der Waals surface area contributed by atoms with E-state index in [0.29, 0.717) is 0 Å². The van der Waals surface area contributed by atoms with Crippen LogP contribution < -0.4 is 19.5 Å². The van der Waals surface area contributed by atoms with Crippen molar-refractivity contribution < 1.29 is 14.2 Å². The number of benzene rings is 2. The summed E-state index contributed by atoms with van der Waals surface area (Å²) in [5.41, 5.74) is 2.42. The van der Waals surface area contributed by atoms with Crippen molar-refractivity contribution in [3.05, 3.63) is 52.0 Å². The molecule has 0 amide bonds. The molecule has 0 saturated carbocycles. The molecule has 0 fully saturated rings. The molecule has 136 valence electrons. The molecule has 0 radical (unpaired) electrons. The van der Waals surface area contributed by atoms with Gasteiger partial charge in [0.2, 0.25) is 0 Å². The molecule has 2 aromatic carbocycles. The van der Waals surface area contributed by atoms with E-state index in [4.69, 9.17) is 14.2 Å². The lowest BCUT2D eigenvalue weighted by Gasteiger charge is -2.16. The predicted molar refractivity (Wildman–Crippen MR) is 105 cm³/mol. The fraction of sp³-hybridized carbons (Fsp3) is 0.400. The molecule has 0 atom stereocenters. The van der Waals surface area contributed by atoms with Crippen molar-refractivity contribution >= 4 is 15.9 Å². The summed E-state index contributed by atoms with van der Waals surface area (Å²) in [7, 11) is 3.34. The van der Waals surface area contributed by atoms with E-state index in [1.165, 1.54) is 5.56 Å². The van der Waals surface area contributed by atoms with Gasteiger partial charge >= 0.3 is 0 Å². The summed E-state index contributed by atoms with van der Waals surface area (Å²) in [5.74, 6) is 2.40. The van der Waals surface area contributed by atoms with Gasteiger partial charge in [-0.05, 0) is 62.2 Å². The maximum atomic E-state index is 5.79. The number of methoxy groups -OCH3 is 2. The van der Waals surface area contributed by atoms with Crippen LogP contribution in [0.1, 0.15) is 25.0 Å². The molecule has 1 N–H and O–H groups in total. The minimum atomic E-state index is 0.106. The first-order chi connectivity index (χ1) is 12.0. The van der Waals surface area contributed by atoms with Gasteiger partial charge in [0, 0.05) is 11.0 Å². The summed E-state index contributed by atoms with van der Waals surface area (Å²) in [5, 5.41) is 3.47. The normalized spacial score (nSPS) is 10.8. The van der Waals surface area contributed by atoms with Crippen molar-refractivity contribution in [3.8, 4) is 17.2 Å². The van der Waals surface area contributed by atoms with Gasteiger partial charge in [-0.15, -0.1) is 0 Å². The van der Waals surface area contributed by atoms with Crippen LogP contribution in [0.4, 0.5) is 0 Å². The van der Waals surface area contributed by atoms with Crippen molar-refractivity contribution in [2.24, 2.45) is 0 Å². The Morgan fingerprint density at radius 1 is 1.00 bits per heavy atom. The lowest BCUT2D eigenvalue weighted by atomic mass is 10.1. The lowest BCUT2D eigenvalue weighted by Crippen LogP contribution is -2.17. The zero-order chi connectivity index (χ0) is 18.2. The smallest absolute Gasteiger partial charge is 0.162 e. The second kappa shape index (κ2) is 9.68. The predicted octanol–water partition coefficient (Wildman–Crippen LogP) is 4.59. The first-order valence-electron chi connectivity index (χ1n) is 8.40. The fourth-order valence-corrected chi connectivity index (χ4v) is 2.93. The molecule has 0 spiro atoms. The lowest BCUT2D eigenvalue weighted by molar-refractivity contribution is 0.230. The van der Waals surface area contributed by atoms with Gasteiger partial charge in [0.25, 0.3) is 0 Å². The molecule has 2 rings (SSSR count). The zero-order valence-corrected chi connectivity index (χ0v) is 16.9. The number of hydrogen-bond donors (Lipinski definition) is 1. The van der Waals surface area contributed by atoms with Gasteiger partial charge in [0.05, 0.1) is 20.3 Å². The third-order valence-electron chi connectivity index (χ3n) is 3.76. The Labute approximate surface area is 158 Å². The molecule has 0 saturated heterocycles. The van der Waals surface area contributed by atoms with Crippen LogP contribution in [0.3, 0.4) is 0 Å². The highest BCUT2D eigenvalue weighted by Crippen LogP contribution is 2.34. The fourth-order valence-electron chi connectivity index (χ4n) is 2.47. The molecule has 0 heterocycles.